The summed E-state index contributed by atoms with van der Waals surface area (Å²) in [5.74, 6) is 0.321. The van der Waals surface area contributed by atoms with Crippen LogP contribution in [0.5, 0.6) is 0 Å². The predicted molar refractivity (Wildman–Crippen MR) is 133 cm³/mol. The zero-order chi connectivity index (χ0) is 24.6. The minimum absolute atomic E-state index is 0.103. The van der Waals surface area contributed by atoms with Crippen molar-refractivity contribution in [1.29, 1.82) is 0 Å². The molecule has 34 heavy (non-hydrogen) atoms. The molecule has 4 rings (SSSR count). The Hall–Kier alpha value is -3.94. The van der Waals surface area contributed by atoms with Gasteiger partial charge in [-0.3, -0.25) is 20.3 Å². The summed E-state index contributed by atoms with van der Waals surface area (Å²) >= 11 is 0. The number of nitrogens with zero attached hydrogens (tertiary/aromatic N) is 2. The molecular weight excluding hydrogens is 432 g/mol. The molecule has 1 aliphatic rings. The molecule has 0 bridgehead atoms. The summed E-state index contributed by atoms with van der Waals surface area (Å²) in [6.45, 7) is 9.60. The second-order valence-corrected chi connectivity index (χ2v) is 9.60. The van der Waals surface area contributed by atoms with Crippen LogP contribution >= 0.6 is 0 Å². The Bertz CT molecular complexity index is 1310. The maximum atomic E-state index is 13.2. The number of amides is 1. The third-order valence-corrected chi connectivity index (χ3v) is 5.99. The van der Waals surface area contributed by atoms with Crippen LogP contribution in [0.4, 0.5) is 17.1 Å². The Kier molecular flexibility index (Phi) is 6.00. The van der Waals surface area contributed by atoms with Crippen molar-refractivity contribution in [3.8, 4) is 0 Å². The summed E-state index contributed by atoms with van der Waals surface area (Å²) < 4.78 is 6.06. The fourth-order valence-corrected chi connectivity index (χ4v) is 4.49. The van der Waals surface area contributed by atoms with Crippen molar-refractivity contribution in [2.45, 2.75) is 47.5 Å². The Balaban J connectivity index is 1.71. The number of hydrogen-bond donors (Lipinski definition) is 2. The molecule has 0 saturated heterocycles. The average Bonchev–Trinajstić information content (AvgIpc) is 3.09. The first-order valence-electron chi connectivity index (χ1n) is 11.1. The first-order chi connectivity index (χ1) is 16.1. The summed E-state index contributed by atoms with van der Waals surface area (Å²) in [4.78, 5) is 24.3. The van der Waals surface area contributed by atoms with Gasteiger partial charge in [-0.25, -0.2) is 0 Å². The lowest BCUT2D eigenvalue weighted by atomic mass is 9.75. The van der Waals surface area contributed by atoms with E-state index in [1.807, 2.05) is 37.3 Å². The van der Waals surface area contributed by atoms with Crippen LogP contribution in [-0.4, -0.2) is 16.5 Å². The van der Waals surface area contributed by atoms with Crippen LogP contribution in [0.3, 0.4) is 0 Å². The van der Waals surface area contributed by atoms with Gasteiger partial charge < -0.3 is 9.73 Å². The average molecular weight is 461 g/mol. The van der Waals surface area contributed by atoms with E-state index >= 15 is 0 Å². The van der Waals surface area contributed by atoms with Gasteiger partial charge in [0.1, 0.15) is 11.4 Å². The summed E-state index contributed by atoms with van der Waals surface area (Å²) in [7, 11) is 0. The lowest BCUT2D eigenvalue weighted by Gasteiger charge is -2.29. The molecule has 3 aromatic rings. The maximum Gasteiger partial charge on any atom is 0.293 e. The highest BCUT2D eigenvalue weighted by atomic mass is 16.6. The van der Waals surface area contributed by atoms with Crippen molar-refractivity contribution < 1.29 is 14.1 Å². The second-order valence-electron chi connectivity index (χ2n) is 9.60. The normalized spacial score (nSPS) is 15.6. The first kappa shape index (κ1) is 23.2. The van der Waals surface area contributed by atoms with Gasteiger partial charge in [0.25, 0.3) is 11.6 Å². The standard InChI is InChI=1S/C26H28N4O4/c1-15-11-16(2)23(20(12-15)30(32)33)27-25(31)24-17(3)22-19(13-26(4,5)14-21(22)34-24)29-28-18-9-7-6-8-10-18/h6-12,28H,13-14H2,1-5H3,(H,27,31)/b29-19-. The van der Waals surface area contributed by atoms with Gasteiger partial charge in [0.15, 0.2) is 5.76 Å². The van der Waals surface area contributed by atoms with Gasteiger partial charge in [0.05, 0.1) is 16.3 Å². The quantitative estimate of drug-likeness (QED) is 0.350. The van der Waals surface area contributed by atoms with Crippen molar-refractivity contribution in [2.24, 2.45) is 10.5 Å². The number of benzene rings is 2. The third-order valence-electron chi connectivity index (χ3n) is 5.99. The highest BCUT2D eigenvalue weighted by Crippen LogP contribution is 2.39. The van der Waals surface area contributed by atoms with Crippen LogP contribution in [-0.2, 0) is 6.42 Å². The molecule has 8 heteroatoms. The van der Waals surface area contributed by atoms with E-state index in [4.69, 9.17) is 4.42 Å². The number of fused-ring (bicyclic) bond motifs is 1. The molecule has 0 atom stereocenters. The Morgan fingerprint density at radius 1 is 1.12 bits per heavy atom. The van der Waals surface area contributed by atoms with Crippen LogP contribution in [0, 0.1) is 36.3 Å². The van der Waals surface area contributed by atoms with Crippen LogP contribution in [0.1, 0.15) is 58.8 Å². The van der Waals surface area contributed by atoms with Gasteiger partial charge in [-0.05, 0) is 55.9 Å². The number of aryl methyl sites for hydroxylation is 2. The zero-order valence-electron chi connectivity index (χ0n) is 20.0. The minimum atomic E-state index is -0.518. The lowest BCUT2D eigenvalue weighted by molar-refractivity contribution is -0.384. The first-order valence-corrected chi connectivity index (χ1v) is 11.1. The Labute approximate surface area is 198 Å². The summed E-state index contributed by atoms with van der Waals surface area (Å²) in [5.41, 5.74) is 7.57. The van der Waals surface area contributed by atoms with Crippen LogP contribution in [0.15, 0.2) is 52.0 Å². The Morgan fingerprint density at radius 2 is 1.82 bits per heavy atom. The maximum absolute atomic E-state index is 13.2. The van der Waals surface area contributed by atoms with Gasteiger partial charge in [0.2, 0.25) is 0 Å². The molecule has 2 N–H and O–H groups in total. The number of furan rings is 1. The molecule has 0 aliphatic heterocycles. The molecule has 0 unspecified atom stereocenters. The zero-order valence-corrected chi connectivity index (χ0v) is 20.0. The number of para-hydroxylation sites is 1. The fourth-order valence-electron chi connectivity index (χ4n) is 4.49. The van der Waals surface area contributed by atoms with Crippen LogP contribution in [0.25, 0.3) is 0 Å². The van der Waals surface area contributed by atoms with Gasteiger partial charge in [-0.15, -0.1) is 0 Å². The van der Waals surface area contributed by atoms with E-state index in [0.717, 1.165) is 22.5 Å². The molecule has 1 amide bonds. The SMILES string of the molecule is Cc1cc(C)c(NC(=O)c2oc3c(c2C)/C(=N\Nc2ccccc2)CC(C)(C)C3)c([N+](=O)[O-])c1. The molecule has 1 aliphatic carbocycles. The van der Waals surface area contributed by atoms with Crippen molar-refractivity contribution in [2.75, 3.05) is 10.7 Å². The topological polar surface area (TPSA) is 110 Å². The molecule has 0 spiro atoms. The number of nitro groups is 1. The molecule has 8 nitrogen and oxygen atoms in total. The smallest absolute Gasteiger partial charge is 0.293 e. The van der Waals surface area contributed by atoms with Crippen molar-refractivity contribution >= 4 is 28.7 Å². The highest BCUT2D eigenvalue weighted by Gasteiger charge is 2.36. The Morgan fingerprint density at radius 3 is 2.50 bits per heavy atom. The molecule has 2 aromatic carbocycles. The predicted octanol–water partition coefficient (Wildman–Crippen LogP) is 6.15. The molecule has 0 fully saturated rings. The van der Waals surface area contributed by atoms with Crippen LogP contribution < -0.4 is 10.7 Å². The van der Waals surface area contributed by atoms with E-state index in [1.165, 1.54) is 6.07 Å². The second kappa shape index (κ2) is 8.78. The molecule has 1 heterocycles. The van der Waals surface area contributed by atoms with E-state index in [2.05, 4.69) is 29.7 Å². The van der Waals surface area contributed by atoms with Gasteiger partial charge in [-0.1, -0.05) is 38.1 Å². The van der Waals surface area contributed by atoms with E-state index in [9.17, 15) is 14.9 Å². The molecule has 176 valence electrons. The number of nitrogens with one attached hydrogen (secondary N) is 2. The van der Waals surface area contributed by atoms with Crippen molar-refractivity contribution in [1.82, 2.24) is 0 Å². The fraction of sp³-hybridized carbons (Fsp3) is 0.308. The molecule has 0 radical (unpaired) electrons. The van der Waals surface area contributed by atoms with Crippen LogP contribution in [0.2, 0.25) is 0 Å². The minimum Gasteiger partial charge on any atom is -0.455 e. The largest absolute Gasteiger partial charge is 0.455 e. The van der Waals surface area contributed by atoms with E-state index in [0.29, 0.717) is 29.7 Å². The van der Waals surface area contributed by atoms with E-state index < -0.39 is 10.8 Å². The number of nitro benzene ring substituents is 1. The molecule has 0 saturated carbocycles. The third kappa shape index (κ3) is 4.57. The monoisotopic (exact) mass is 460 g/mol. The summed E-state index contributed by atoms with van der Waals surface area (Å²) in [6, 6.07) is 12.9. The van der Waals surface area contributed by atoms with E-state index in [1.54, 1.807) is 19.9 Å². The number of anilines is 2. The van der Waals surface area contributed by atoms with Crippen molar-refractivity contribution in [3.05, 3.63) is 86.4 Å². The van der Waals surface area contributed by atoms with Gasteiger partial charge >= 0.3 is 0 Å². The highest BCUT2D eigenvalue weighted by molar-refractivity contribution is 6.10. The van der Waals surface area contributed by atoms with Gasteiger partial charge in [-0.2, -0.15) is 5.10 Å². The van der Waals surface area contributed by atoms with Gasteiger partial charge in [0, 0.05) is 23.6 Å². The van der Waals surface area contributed by atoms with E-state index in [-0.39, 0.29) is 22.6 Å². The summed E-state index contributed by atoms with van der Waals surface area (Å²) in [6.07, 6.45) is 1.37. The molecule has 1 aromatic heterocycles. The molecular formula is C26H28N4O4. The number of rotatable bonds is 5. The lowest BCUT2D eigenvalue weighted by Crippen LogP contribution is -2.27. The van der Waals surface area contributed by atoms with Crippen molar-refractivity contribution in [3.63, 3.8) is 0 Å². The number of hydrogen-bond acceptors (Lipinski definition) is 6. The number of hydrazone groups is 1. The summed E-state index contributed by atoms with van der Waals surface area (Å²) in [5, 5.41) is 19.0. The number of carbonyl (C=O) groups is 1. The number of carbonyl (C=O) groups excluding carboxylic acids is 1.